The fourth-order valence-electron chi connectivity index (χ4n) is 4.93. The molecule has 10 nitrogen and oxygen atoms in total. The first-order valence-electron chi connectivity index (χ1n) is 13.0. The summed E-state index contributed by atoms with van der Waals surface area (Å²) in [7, 11) is 0. The van der Waals surface area contributed by atoms with Crippen LogP contribution in [0.1, 0.15) is 44.6 Å². The third kappa shape index (κ3) is 6.49. The molecule has 2 aromatic carbocycles. The molecular formula is C28H33N3O7. The summed E-state index contributed by atoms with van der Waals surface area (Å²) < 4.78 is 10.2. The highest BCUT2D eigenvalue weighted by Crippen LogP contribution is 2.26. The van der Waals surface area contributed by atoms with Gasteiger partial charge in [0.05, 0.1) is 12.6 Å². The van der Waals surface area contributed by atoms with Crippen molar-refractivity contribution in [2.45, 2.75) is 63.8 Å². The molecule has 38 heavy (non-hydrogen) atoms. The minimum Gasteiger partial charge on any atom is -0.465 e. The highest BCUT2D eigenvalue weighted by molar-refractivity contribution is 5.89. The van der Waals surface area contributed by atoms with Crippen LogP contribution in [0.3, 0.4) is 0 Å². The summed E-state index contributed by atoms with van der Waals surface area (Å²) in [6.45, 7) is 2.21. The van der Waals surface area contributed by atoms with E-state index in [9.17, 15) is 19.2 Å². The van der Waals surface area contributed by atoms with Gasteiger partial charge in [0.15, 0.2) is 6.23 Å². The van der Waals surface area contributed by atoms with Gasteiger partial charge in [0, 0.05) is 19.4 Å². The van der Waals surface area contributed by atoms with Crippen molar-refractivity contribution in [1.29, 1.82) is 0 Å². The Morgan fingerprint density at radius 1 is 1.05 bits per heavy atom. The van der Waals surface area contributed by atoms with Crippen LogP contribution in [-0.2, 0) is 30.3 Å². The van der Waals surface area contributed by atoms with E-state index in [1.54, 1.807) is 6.92 Å². The number of benzene rings is 2. The van der Waals surface area contributed by atoms with E-state index >= 15 is 0 Å². The van der Waals surface area contributed by atoms with E-state index in [4.69, 9.17) is 14.6 Å². The molecular weight excluding hydrogens is 490 g/mol. The van der Waals surface area contributed by atoms with E-state index < -0.39 is 36.3 Å². The van der Waals surface area contributed by atoms with Crippen molar-refractivity contribution >= 4 is 23.9 Å². The van der Waals surface area contributed by atoms with Crippen molar-refractivity contribution < 1.29 is 33.8 Å². The van der Waals surface area contributed by atoms with Crippen LogP contribution in [0.25, 0.3) is 11.1 Å². The molecule has 2 amide bonds. The summed E-state index contributed by atoms with van der Waals surface area (Å²) in [6, 6.07) is 16.5. The molecule has 2 saturated heterocycles. The molecule has 3 unspecified atom stereocenters. The van der Waals surface area contributed by atoms with Gasteiger partial charge in [-0.05, 0) is 49.3 Å². The standard InChI is InChI=1S/C28H33N3O7/c1-2-37-27(34)23(15-12-19-10-13-21(14-11-19)20-7-4-3-5-8-20)29-22-16-17-24(32)30-18-6-9-25(38-28(35)36)31(30)26(22)33/h3-5,7-8,10-11,13-14,22-23,25,29H,2,6,9,12,15-18H2,1H3,(H,35,36). The molecule has 3 atom stereocenters. The molecule has 2 fully saturated rings. The minimum atomic E-state index is -1.52. The Bertz CT molecular complexity index is 1140. The van der Waals surface area contributed by atoms with Crippen LogP contribution in [0.4, 0.5) is 4.79 Å². The van der Waals surface area contributed by atoms with Gasteiger partial charge < -0.3 is 14.6 Å². The van der Waals surface area contributed by atoms with Crippen LogP contribution < -0.4 is 5.32 Å². The number of amides is 2. The number of rotatable bonds is 9. The topological polar surface area (TPSA) is 125 Å². The molecule has 0 saturated carbocycles. The van der Waals surface area contributed by atoms with Crippen LogP contribution in [0.2, 0.25) is 0 Å². The van der Waals surface area contributed by atoms with Crippen LogP contribution in [-0.4, -0.2) is 70.5 Å². The molecule has 10 heteroatoms. The second-order valence-corrected chi connectivity index (χ2v) is 9.34. The second-order valence-electron chi connectivity index (χ2n) is 9.34. The number of nitrogens with zero attached hydrogens (tertiary/aromatic N) is 2. The van der Waals surface area contributed by atoms with Crippen molar-refractivity contribution in [1.82, 2.24) is 15.3 Å². The third-order valence-electron chi connectivity index (χ3n) is 6.81. The van der Waals surface area contributed by atoms with Crippen LogP contribution in [0.15, 0.2) is 54.6 Å². The van der Waals surface area contributed by atoms with Crippen molar-refractivity contribution in [3.05, 3.63) is 60.2 Å². The fourth-order valence-corrected chi connectivity index (χ4v) is 4.93. The zero-order valence-corrected chi connectivity index (χ0v) is 21.4. The molecule has 202 valence electrons. The highest BCUT2D eigenvalue weighted by atomic mass is 16.7. The summed E-state index contributed by atoms with van der Waals surface area (Å²) in [4.78, 5) is 50.3. The Labute approximate surface area is 221 Å². The van der Waals surface area contributed by atoms with Gasteiger partial charge >= 0.3 is 12.1 Å². The maximum absolute atomic E-state index is 13.5. The van der Waals surface area contributed by atoms with E-state index in [2.05, 4.69) is 5.32 Å². The summed E-state index contributed by atoms with van der Waals surface area (Å²) in [5.74, 6) is -1.26. The lowest BCUT2D eigenvalue weighted by Gasteiger charge is -2.42. The molecule has 2 aromatic rings. The molecule has 2 N–H and O–H groups in total. The van der Waals surface area contributed by atoms with Gasteiger partial charge in [0.25, 0.3) is 5.91 Å². The van der Waals surface area contributed by atoms with E-state index in [1.807, 2.05) is 54.6 Å². The van der Waals surface area contributed by atoms with Gasteiger partial charge in [-0.1, -0.05) is 54.6 Å². The Balaban J connectivity index is 1.47. The van der Waals surface area contributed by atoms with Gasteiger partial charge in [0.2, 0.25) is 5.91 Å². The minimum absolute atomic E-state index is 0.0796. The number of carboxylic acid groups (broad SMARTS) is 1. The summed E-state index contributed by atoms with van der Waals surface area (Å²) in [6.07, 6.45) is -0.624. The van der Waals surface area contributed by atoms with E-state index in [1.165, 1.54) is 5.01 Å². The predicted molar refractivity (Wildman–Crippen MR) is 137 cm³/mol. The number of carbonyl (C=O) groups excluding carboxylic acids is 3. The third-order valence-corrected chi connectivity index (χ3v) is 6.81. The lowest BCUT2D eigenvalue weighted by atomic mass is 10.00. The molecule has 0 radical (unpaired) electrons. The Morgan fingerprint density at radius 3 is 2.45 bits per heavy atom. The first kappa shape index (κ1) is 27.1. The molecule has 0 aromatic heterocycles. The van der Waals surface area contributed by atoms with Crippen molar-refractivity contribution in [3.8, 4) is 11.1 Å². The van der Waals surface area contributed by atoms with Crippen LogP contribution in [0, 0.1) is 0 Å². The number of hydrogen-bond acceptors (Lipinski definition) is 7. The normalized spacial score (nSPS) is 20.3. The maximum atomic E-state index is 13.5. The Morgan fingerprint density at radius 2 is 1.76 bits per heavy atom. The predicted octanol–water partition coefficient (Wildman–Crippen LogP) is 3.36. The molecule has 2 heterocycles. The maximum Gasteiger partial charge on any atom is 0.507 e. The lowest BCUT2D eigenvalue weighted by molar-refractivity contribution is -0.196. The molecule has 2 aliphatic rings. The molecule has 0 aliphatic carbocycles. The number of ether oxygens (including phenoxy) is 2. The van der Waals surface area contributed by atoms with E-state index in [-0.39, 0.29) is 31.8 Å². The van der Waals surface area contributed by atoms with Crippen LogP contribution in [0.5, 0.6) is 0 Å². The van der Waals surface area contributed by atoms with Gasteiger partial charge in [-0.2, -0.15) is 0 Å². The molecule has 4 rings (SSSR count). The van der Waals surface area contributed by atoms with Crippen molar-refractivity contribution in [2.75, 3.05) is 13.2 Å². The zero-order valence-electron chi connectivity index (χ0n) is 21.4. The quantitative estimate of drug-likeness (QED) is 0.480. The van der Waals surface area contributed by atoms with Gasteiger partial charge in [-0.3, -0.25) is 19.7 Å². The smallest absolute Gasteiger partial charge is 0.465 e. The van der Waals surface area contributed by atoms with Gasteiger partial charge in [-0.25, -0.2) is 14.8 Å². The number of fused-ring (bicyclic) bond motifs is 1. The number of hydrogen-bond donors (Lipinski definition) is 2. The monoisotopic (exact) mass is 523 g/mol. The molecule has 0 spiro atoms. The summed E-state index contributed by atoms with van der Waals surface area (Å²) in [5.41, 5.74) is 3.23. The number of aryl methyl sites for hydroxylation is 1. The first-order chi connectivity index (χ1) is 18.4. The van der Waals surface area contributed by atoms with Crippen LogP contribution >= 0.6 is 0 Å². The van der Waals surface area contributed by atoms with Gasteiger partial charge in [-0.15, -0.1) is 0 Å². The number of carbonyl (C=O) groups is 4. The van der Waals surface area contributed by atoms with Crippen molar-refractivity contribution in [2.24, 2.45) is 0 Å². The van der Waals surface area contributed by atoms with Gasteiger partial charge in [0.1, 0.15) is 6.04 Å². The molecule has 0 bridgehead atoms. The summed E-state index contributed by atoms with van der Waals surface area (Å²) in [5, 5.41) is 14.6. The lowest BCUT2D eigenvalue weighted by Crippen LogP contribution is -2.61. The van der Waals surface area contributed by atoms with E-state index in [0.29, 0.717) is 25.8 Å². The second kappa shape index (κ2) is 12.6. The first-order valence-corrected chi connectivity index (χ1v) is 13.0. The number of esters is 1. The fraction of sp³-hybridized carbons (Fsp3) is 0.429. The summed E-state index contributed by atoms with van der Waals surface area (Å²) >= 11 is 0. The number of hydrazine groups is 1. The highest BCUT2D eigenvalue weighted by Gasteiger charge is 2.44. The SMILES string of the molecule is CCOC(=O)C(CCc1ccc(-c2ccccc2)cc1)NC1CCC(=O)N2CCCC(OC(=O)O)N2C1=O. The average molecular weight is 524 g/mol. The molecule has 2 aliphatic heterocycles. The van der Waals surface area contributed by atoms with E-state index in [0.717, 1.165) is 21.7 Å². The average Bonchev–Trinajstić information content (AvgIpc) is 3.04. The largest absolute Gasteiger partial charge is 0.507 e. The zero-order chi connectivity index (χ0) is 27.1. The van der Waals surface area contributed by atoms with Crippen molar-refractivity contribution in [3.63, 3.8) is 0 Å². The number of nitrogens with one attached hydrogen (secondary N) is 1. The Kier molecular flexibility index (Phi) is 8.96. The Hall–Kier alpha value is -3.92.